The van der Waals surface area contributed by atoms with Gasteiger partial charge in [0.1, 0.15) is 5.75 Å². The highest BCUT2D eigenvalue weighted by Crippen LogP contribution is 2.29. The molecule has 1 aromatic carbocycles. The van der Waals surface area contributed by atoms with Gasteiger partial charge >= 0.3 is 0 Å². The predicted molar refractivity (Wildman–Crippen MR) is 87.5 cm³/mol. The fourth-order valence-electron chi connectivity index (χ4n) is 2.90. The average Bonchev–Trinajstić information content (AvgIpc) is 2.90. The lowest BCUT2D eigenvalue weighted by molar-refractivity contribution is 0.101. The van der Waals surface area contributed by atoms with Gasteiger partial charge in [0.15, 0.2) is 5.76 Å². The van der Waals surface area contributed by atoms with Crippen molar-refractivity contribution in [3.05, 3.63) is 41.8 Å². The first-order valence-corrected chi connectivity index (χ1v) is 8.08. The molecule has 6 heteroatoms. The van der Waals surface area contributed by atoms with Crippen LogP contribution in [0.4, 0.5) is 0 Å². The van der Waals surface area contributed by atoms with Gasteiger partial charge in [0.05, 0.1) is 12.2 Å². The van der Waals surface area contributed by atoms with Crippen LogP contribution in [0.5, 0.6) is 5.75 Å². The number of carbonyl (C=O) groups is 1. The van der Waals surface area contributed by atoms with Gasteiger partial charge in [0.25, 0.3) is 0 Å². The Bertz CT molecular complexity index is 580. The van der Waals surface area contributed by atoms with Crippen molar-refractivity contribution in [2.45, 2.75) is 0 Å². The second-order valence-electron chi connectivity index (χ2n) is 5.80. The summed E-state index contributed by atoms with van der Waals surface area (Å²) in [5.74, 6) is 0.926. The Morgan fingerprint density at radius 3 is 2.52 bits per heavy atom. The van der Waals surface area contributed by atoms with Crippen LogP contribution >= 0.6 is 0 Å². The van der Waals surface area contributed by atoms with E-state index in [2.05, 4.69) is 15.1 Å². The number of rotatable bonds is 6. The van der Waals surface area contributed by atoms with E-state index in [0.717, 1.165) is 45.8 Å². The largest absolute Gasteiger partial charge is 0.451 e. The molecule has 2 heterocycles. The summed E-state index contributed by atoms with van der Waals surface area (Å²) in [6.45, 7) is 6.72. The minimum atomic E-state index is -0.0642. The van der Waals surface area contributed by atoms with Crippen molar-refractivity contribution >= 4 is 5.78 Å². The van der Waals surface area contributed by atoms with Crippen LogP contribution in [0, 0.1) is 0 Å². The number of Topliss-reactive ketones (excluding diaryl/α,β-unsaturated/α-hetero) is 1. The van der Waals surface area contributed by atoms with E-state index >= 15 is 0 Å². The number of ketones is 1. The monoisotopic (exact) mass is 317 g/mol. The molecule has 0 aliphatic carbocycles. The van der Waals surface area contributed by atoms with E-state index in [-0.39, 0.29) is 12.4 Å². The molecule has 0 bridgehead atoms. The normalized spacial score (nSPS) is 20.6. The molecule has 2 aliphatic heterocycles. The van der Waals surface area contributed by atoms with Crippen molar-refractivity contribution in [2.24, 2.45) is 0 Å². The third-order valence-electron chi connectivity index (χ3n) is 4.26. The summed E-state index contributed by atoms with van der Waals surface area (Å²) in [6, 6.07) is 7.29. The molecule has 2 N–H and O–H groups in total. The Morgan fingerprint density at radius 1 is 1.13 bits per heavy atom. The maximum absolute atomic E-state index is 12.1. The van der Waals surface area contributed by atoms with E-state index in [4.69, 9.17) is 9.84 Å². The number of para-hydroxylation sites is 1. The van der Waals surface area contributed by atoms with Crippen LogP contribution < -0.4 is 10.1 Å². The summed E-state index contributed by atoms with van der Waals surface area (Å²) < 4.78 is 5.56. The number of carbonyl (C=O) groups excluding carboxylic acids is 1. The molecule has 0 radical (unpaired) electrons. The first-order valence-electron chi connectivity index (χ1n) is 8.08. The predicted octanol–water partition coefficient (Wildman–Crippen LogP) is 0.303. The van der Waals surface area contributed by atoms with Gasteiger partial charge in [0.2, 0.25) is 5.78 Å². The summed E-state index contributed by atoms with van der Waals surface area (Å²) in [4.78, 5) is 16.8. The van der Waals surface area contributed by atoms with E-state index in [9.17, 15) is 4.79 Å². The lowest BCUT2D eigenvalue weighted by Gasteiger charge is -2.34. The summed E-state index contributed by atoms with van der Waals surface area (Å²) in [7, 11) is 0. The summed E-state index contributed by atoms with van der Waals surface area (Å²) in [5, 5.41) is 12.1. The first kappa shape index (κ1) is 16.0. The second kappa shape index (κ2) is 7.59. The number of hydrogen-bond donors (Lipinski definition) is 2. The number of benzene rings is 1. The molecular weight excluding hydrogens is 294 g/mol. The summed E-state index contributed by atoms with van der Waals surface area (Å²) in [6.07, 6.45) is 1.67. The fraction of sp³-hybridized carbons (Fsp3) is 0.471. The maximum Gasteiger partial charge on any atom is 0.233 e. The lowest BCUT2D eigenvalue weighted by Crippen LogP contribution is -2.48. The number of nitrogens with one attached hydrogen (secondary N) is 1. The molecule has 0 amide bonds. The van der Waals surface area contributed by atoms with E-state index < -0.39 is 0 Å². The van der Waals surface area contributed by atoms with E-state index in [0.29, 0.717) is 17.1 Å². The van der Waals surface area contributed by atoms with Crippen molar-refractivity contribution in [1.82, 2.24) is 15.1 Å². The van der Waals surface area contributed by atoms with Crippen LogP contribution in [0.1, 0.15) is 10.4 Å². The van der Waals surface area contributed by atoms with Crippen LogP contribution in [0.2, 0.25) is 0 Å². The number of aliphatic hydroxyl groups excluding tert-OH is 1. The molecule has 0 aromatic heterocycles. The zero-order chi connectivity index (χ0) is 16.1. The molecule has 0 spiro atoms. The Kier molecular flexibility index (Phi) is 5.27. The van der Waals surface area contributed by atoms with Crippen molar-refractivity contribution in [2.75, 3.05) is 52.4 Å². The molecule has 23 heavy (non-hydrogen) atoms. The van der Waals surface area contributed by atoms with Crippen LogP contribution in [0.3, 0.4) is 0 Å². The topological polar surface area (TPSA) is 65.0 Å². The zero-order valence-electron chi connectivity index (χ0n) is 13.2. The highest BCUT2D eigenvalue weighted by atomic mass is 16.5. The summed E-state index contributed by atoms with van der Waals surface area (Å²) in [5.41, 5.74) is 0.626. The van der Waals surface area contributed by atoms with Crippen LogP contribution in [-0.2, 0) is 0 Å². The first-order chi connectivity index (χ1) is 11.3. The summed E-state index contributed by atoms with van der Waals surface area (Å²) >= 11 is 0. The smallest absolute Gasteiger partial charge is 0.233 e. The van der Waals surface area contributed by atoms with E-state index in [1.165, 1.54) is 0 Å². The molecule has 1 aromatic rings. The molecule has 3 rings (SSSR count). The molecule has 124 valence electrons. The third kappa shape index (κ3) is 3.90. The van der Waals surface area contributed by atoms with E-state index in [1.54, 1.807) is 18.3 Å². The number of nitrogens with zero attached hydrogens (tertiary/aromatic N) is 2. The lowest BCUT2D eigenvalue weighted by atomic mass is 10.1. The Hall–Kier alpha value is -1.89. The molecule has 1 saturated heterocycles. The number of fused-ring (bicyclic) bond motifs is 1. The van der Waals surface area contributed by atoms with Crippen LogP contribution in [0.25, 0.3) is 0 Å². The van der Waals surface area contributed by atoms with Gasteiger partial charge in [-0.1, -0.05) is 12.1 Å². The van der Waals surface area contributed by atoms with Crippen molar-refractivity contribution in [3.8, 4) is 5.75 Å². The standard InChI is InChI=1S/C17H23N3O3/c21-12-11-20-9-7-19(8-10-20)6-5-18-13-16-17(22)14-3-1-2-4-15(14)23-16/h1-4,13,18,21H,5-12H2. The molecule has 2 aliphatic rings. The number of piperazine rings is 1. The van der Waals surface area contributed by atoms with Gasteiger partial charge in [-0.15, -0.1) is 0 Å². The number of ether oxygens (including phenoxy) is 1. The molecular formula is C17H23N3O3. The highest BCUT2D eigenvalue weighted by Gasteiger charge is 2.26. The number of aliphatic hydroxyl groups is 1. The maximum atomic E-state index is 12.1. The average molecular weight is 317 g/mol. The molecule has 0 unspecified atom stereocenters. The fourth-order valence-corrected chi connectivity index (χ4v) is 2.90. The van der Waals surface area contributed by atoms with Crippen LogP contribution in [0.15, 0.2) is 36.2 Å². The third-order valence-corrected chi connectivity index (χ3v) is 4.26. The number of allylic oxidation sites excluding steroid dienone is 1. The van der Waals surface area contributed by atoms with Gasteiger partial charge in [-0.05, 0) is 12.1 Å². The van der Waals surface area contributed by atoms with Gasteiger partial charge in [-0.2, -0.15) is 0 Å². The Morgan fingerprint density at radius 2 is 1.83 bits per heavy atom. The molecule has 0 saturated carbocycles. The minimum absolute atomic E-state index is 0.0642. The Balaban J connectivity index is 1.40. The van der Waals surface area contributed by atoms with Crippen molar-refractivity contribution in [1.29, 1.82) is 0 Å². The molecule has 6 nitrogen and oxygen atoms in total. The van der Waals surface area contributed by atoms with Crippen LogP contribution in [-0.4, -0.2) is 73.1 Å². The quantitative estimate of drug-likeness (QED) is 0.581. The number of β-amino-alcohol motifs (C(OH)–C–C–N with tert-alkyl or cyclic N) is 1. The molecule has 1 fully saturated rings. The second-order valence-corrected chi connectivity index (χ2v) is 5.80. The van der Waals surface area contributed by atoms with Gasteiger partial charge in [-0.25, -0.2) is 0 Å². The minimum Gasteiger partial charge on any atom is -0.451 e. The van der Waals surface area contributed by atoms with Gasteiger partial charge in [-0.3, -0.25) is 14.6 Å². The SMILES string of the molecule is O=C1C(=CNCCN2CCN(CCO)CC2)Oc2ccccc21. The van der Waals surface area contributed by atoms with E-state index in [1.807, 2.05) is 12.1 Å². The number of hydrogen-bond acceptors (Lipinski definition) is 6. The Labute approximate surface area is 136 Å². The zero-order valence-corrected chi connectivity index (χ0v) is 13.2. The van der Waals surface area contributed by atoms with Gasteiger partial charge in [0, 0.05) is 52.0 Å². The highest BCUT2D eigenvalue weighted by molar-refractivity contribution is 6.12. The molecule has 0 atom stereocenters. The van der Waals surface area contributed by atoms with Crippen molar-refractivity contribution < 1.29 is 14.6 Å². The van der Waals surface area contributed by atoms with Gasteiger partial charge < -0.3 is 15.2 Å². The van der Waals surface area contributed by atoms with Crippen molar-refractivity contribution in [3.63, 3.8) is 0 Å².